The standard InChI is InChI=1S/C21H34N4O2/c1-3-24-12-14-25(15-13-24)19-6-4-18(5-7-19)20(26)23-16-21(17-27-2)8-10-22-11-9-21/h4-7,22H,3,8-17H2,1-2H3,(H,23,26). The smallest absolute Gasteiger partial charge is 0.251 e. The summed E-state index contributed by atoms with van der Waals surface area (Å²) in [7, 11) is 1.74. The van der Waals surface area contributed by atoms with Gasteiger partial charge in [-0.05, 0) is 56.7 Å². The molecule has 1 amide bonds. The Bertz CT molecular complexity index is 585. The average molecular weight is 375 g/mol. The molecule has 0 radical (unpaired) electrons. The number of carbonyl (C=O) groups excluding carboxylic acids is 1. The van der Waals surface area contributed by atoms with Crippen LogP contribution in [0.15, 0.2) is 24.3 Å². The molecule has 2 fully saturated rings. The van der Waals surface area contributed by atoms with Gasteiger partial charge < -0.3 is 25.2 Å². The maximum absolute atomic E-state index is 12.6. The Balaban J connectivity index is 1.54. The third kappa shape index (κ3) is 5.21. The molecule has 0 spiro atoms. The van der Waals surface area contributed by atoms with E-state index in [0.717, 1.165) is 64.2 Å². The predicted molar refractivity (Wildman–Crippen MR) is 110 cm³/mol. The molecule has 27 heavy (non-hydrogen) atoms. The van der Waals surface area contributed by atoms with Crippen molar-refractivity contribution in [3.63, 3.8) is 0 Å². The minimum atomic E-state index is 0.00589. The van der Waals surface area contributed by atoms with Gasteiger partial charge in [0.25, 0.3) is 5.91 Å². The van der Waals surface area contributed by atoms with Crippen molar-refractivity contribution in [3.05, 3.63) is 29.8 Å². The normalized spacial score (nSPS) is 20.4. The molecule has 6 heteroatoms. The van der Waals surface area contributed by atoms with E-state index in [1.807, 2.05) is 12.1 Å². The van der Waals surface area contributed by atoms with Crippen LogP contribution in [0.5, 0.6) is 0 Å². The lowest BCUT2D eigenvalue weighted by Crippen LogP contribution is -2.47. The highest BCUT2D eigenvalue weighted by Crippen LogP contribution is 2.28. The molecule has 0 atom stereocenters. The van der Waals surface area contributed by atoms with E-state index in [4.69, 9.17) is 4.74 Å². The maximum atomic E-state index is 12.6. The second kappa shape index (κ2) is 9.53. The number of rotatable bonds is 7. The fourth-order valence-electron chi connectivity index (χ4n) is 4.15. The molecule has 0 aromatic heterocycles. The van der Waals surface area contributed by atoms with Crippen LogP contribution in [0.4, 0.5) is 5.69 Å². The van der Waals surface area contributed by atoms with Crippen molar-refractivity contribution in [2.75, 3.05) is 71.0 Å². The molecule has 2 aliphatic heterocycles. The lowest BCUT2D eigenvalue weighted by molar-refractivity contribution is 0.0512. The molecular formula is C21H34N4O2. The average Bonchev–Trinajstić information content (AvgIpc) is 2.73. The minimum absolute atomic E-state index is 0.00589. The summed E-state index contributed by atoms with van der Waals surface area (Å²) >= 11 is 0. The molecule has 0 bridgehead atoms. The summed E-state index contributed by atoms with van der Waals surface area (Å²) in [5.74, 6) is 0.00589. The summed E-state index contributed by atoms with van der Waals surface area (Å²) in [5, 5.41) is 6.52. The van der Waals surface area contributed by atoms with E-state index in [2.05, 4.69) is 39.5 Å². The number of anilines is 1. The number of methoxy groups -OCH3 is 1. The topological polar surface area (TPSA) is 56.8 Å². The first-order valence-electron chi connectivity index (χ1n) is 10.2. The molecule has 2 saturated heterocycles. The Hall–Kier alpha value is -1.63. The number of carbonyl (C=O) groups is 1. The largest absolute Gasteiger partial charge is 0.384 e. The molecule has 0 aliphatic carbocycles. The molecule has 1 aromatic carbocycles. The second-order valence-electron chi connectivity index (χ2n) is 7.83. The zero-order chi connectivity index (χ0) is 19.1. The summed E-state index contributed by atoms with van der Waals surface area (Å²) in [6, 6.07) is 8.04. The Kier molecular flexibility index (Phi) is 7.10. The van der Waals surface area contributed by atoms with Gasteiger partial charge in [0, 0.05) is 56.5 Å². The van der Waals surface area contributed by atoms with Gasteiger partial charge in [-0.1, -0.05) is 6.92 Å². The number of hydrogen-bond acceptors (Lipinski definition) is 5. The van der Waals surface area contributed by atoms with Crippen LogP contribution in [0, 0.1) is 5.41 Å². The fraction of sp³-hybridized carbons (Fsp3) is 0.667. The number of amides is 1. The predicted octanol–water partition coefficient (Wildman–Crippen LogP) is 1.57. The second-order valence-corrected chi connectivity index (χ2v) is 7.83. The summed E-state index contributed by atoms with van der Waals surface area (Å²) in [4.78, 5) is 17.5. The van der Waals surface area contributed by atoms with E-state index in [0.29, 0.717) is 13.2 Å². The molecule has 3 rings (SSSR count). The number of nitrogens with zero attached hydrogens (tertiary/aromatic N) is 2. The molecule has 6 nitrogen and oxygen atoms in total. The van der Waals surface area contributed by atoms with E-state index >= 15 is 0 Å². The molecule has 0 saturated carbocycles. The van der Waals surface area contributed by atoms with Crippen LogP contribution in [0.1, 0.15) is 30.1 Å². The Morgan fingerprint density at radius 1 is 1.15 bits per heavy atom. The highest BCUT2D eigenvalue weighted by molar-refractivity contribution is 5.94. The van der Waals surface area contributed by atoms with E-state index in [9.17, 15) is 4.79 Å². The van der Waals surface area contributed by atoms with Crippen molar-refractivity contribution in [1.29, 1.82) is 0 Å². The molecule has 2 N–H and O–H groups in total. The molecule has 1 aromatic rings. The lowest BCUT2D eigenvalue weighted by Gasteiger charge is -2.37. The number of likely N-dealkylation sites (N-methyl/N-ethyl adjacent to an activating group) is 1. The van der Waals surface area contributed by atoms with Gasteiger partial charge in [-0.15, -0.1) is 0 Å². The molecule has 0 unspecified atom stereocenters. The van der Waals surface area contributed by atoms with Crippen molar-refractivity contribution in [2.24, 2.45) is 5.41 Å². The van der Waals surface area contributed by atoms with Gasteiger partial charge in [0.15, 0.2) is 0 Å². The number of piperazine rings is 1. The SMILES string of the molecule is CCN1CCN(c2ccc(C(=O)NCC3(COC)CCNCC3)cc2)CC1. The van der Waals surface area contributed by atoms with Gasteiger partial charge in [-0.2, -0.15) is 0 Å². The highest BCUT2D eigenvalue weighted by atomic mass is 16.5. The van der Waals surface area contributed by atoms with E-state index in [1.54, 1.807) is 7.11 Å². The van der Waals surface area contributed by atoms with Crippen LogP contribution in [0.2, 0.25) is 0 Å². The van der Waals surface area contributed by atoms with Crippen LogP contribution in [-0.2, 0) is 4.74 Å². The van der Waals surface area contributed by atoms with Crippen LogP contribution in [-0.4, -0.2) is 76.9 Å². The van der Waals surface area contributed by atoms with Gasteiger partial charge in [0.05, 0.1) is 6.61 Å². The van der Waals surface area contributed by atoms with Crippen molar-refractivity contribution >= 4 is 11.6 Å². The van der Waals surface area contributed by atoms with Crippen molar-refractivity contribution in [3.8, 4) is 0 Å². The van der Waals surface area contributed by atoms with Crippen LogP contribution in [0.25, 0.3) is 0 Å². The summed E-state index contributed by atoms with van der Waals surface area (Å²) < 4.78 is 5.43. The summed E-state index contributed by atoms with van der Waals surface area (Å²) in [6.07, 6.45) is 2.06. The quantitative estimate of drug-likeness (QED) is 0.759. The molecular weight excluding hydrogens is 340 g/mol. The number of piperidine rings is 1. The first-order valence-corrected chi connectivity index (χ1v) is 10.2. The first kappa shape index (κ1) is 20.1. The van der Waals surface area contributed by atoms with Gasteiger partial charge in [0.2, 0.25) is 0 Å². The Labute approximate surface area is 163 Å². The number of hydrogen-bond donors (Lipinski definition) is 2. The monoisotopic (exact) mass is 374 g/mol. The van der Waals surface area contributed by atoms with Gasteiger partial charge in [-0.25, -0.2) is 0 Å². The summed E-state index contributed by atoms with van der Waals surface area (Å²) in [5.41, 5.74) is 1.98. The van der Waals surface area contributed by atoms with E-state index < -0.39 is 0 Å². The summed E-state index contributed by atoms with van der Waals surface area (Å²) in [6.45, 7) is 11.0. The third-order valence-corrected chi connectivity index (χ3v) is 6.05. The van der Waals surface area contributed by atoms with Gasteiger partial charge in [-0.3, -0.25) is 4.79 Å². The van der Waals surface area contributed by atoms with Crippen LogP contribution < -0.4 is 15.5 Å². The number of nitrogens with one attached hydrogen (secondary N) is 2. The van der Waals surface area contributed by atoms with Crippen molar-refractivity contribution in [1.82, 2.24) is 15.5 Å². The number of benzene rings is 1. The maximum Gasteiger partial charge on any atom is 0.251 e. The molecule has 2 heterocycles. The lowest BCUT2D eigenvalue weighted by atomic mass is 9.79. The number of ether oxygens (including phenoxy) is 1. The van der Waals surface area contributed by atoms with E-state index in [-0.39, 0.29) is 11.3 Å². The Morgan fingerprint density at radius 2 is 1.81 bits per heavy atom. The van der Waals surface area contributed by atoms with Crippen LogP contribution in [0.3, 0.4) is 0 Å². The highest BCUT2D eigenvalue weighted by Gasteiger charge is 2.32. The van der Waals surface area contributed by atoms with Gasteiger partial charge in [0.1, 0.15) is 0 Å². The van der Waals surface area contributed by atoms with E-state index in [1.165, 1.54) is 5.69 Å². The van der Waals surface area contributed by atoms with Crippen molar-refractivity contribution < 1.29 is 9.53 Å². The first-order chi connectivity index (χ1) is 13.2. The fourth-order valence-corrected chi connectivity index (χ4v) is 4.15. The zero-order valence-electron chi connectivity index (χ0n) is 16.8. The molecule has 2 aliphatic rings. The minimum Gasteiger partial charge on any atom is -0.384 e. The van der Waals surface area contributed by atoms with Gasteiger partial charge >= 0.3 is 0 Å². The zero-order valence-corrected chi connectivity index (χ0v) is 16.8. The Morgan fingerprint density at radius 3 is 2.41 bits per heavy atom. The van der Waals surface area contributed by atoms with Crippen LogP contribution >= 0.6 is 0 Å². The van der Waals surface area contributed by atoms with Crippen molar-refractivity contribution in [2.45, 2.75) is 19.8 Å². The third-order valence-electron chi connectivity index (χ3n) is 6.05. The molecule has 150 valence electrons.